The normalized spacial score (nSPS) is 12.6. The largest absolute Gasteiger partial charge is 0.366 e. The van der Waals surface area contributed by atoms with Gasteiger partial charge in [-0.2, -0.15) is 0 Å². The number of primary amides is 1. The molecule has 0 saturated heterocycles. The first-order valence-corrected chi connectivity index (χ1v) is 4.85. The molecule has 0 atom stereocenters. The van der Waals surface area contributed by atoms with E-state index < -0.39 is 5.91 Å². The number of rotatable bonds is 5. The van der Waals surface area contributed by atoms with Crippen LogP contribution in [0.25, 0.3) is 0 Å². The second-order valence-electron chi connectivity index (χ2n) is 3.89. The van der Waals surface area contributed by atoms with Gasteiger partial charge in [0, 0.05) is 17.9 Å². The van der Waals surface area contributed by atoms with Gasteiger partial charge in [0.25, 0.3) is 0 Å². The van der Waals surface area contributed by atoms with Crippen molar-refractivity contribution in [2.24, 2.45) is 11.7 Å². The minimum absolute atomic E-state index is 0.0664. The first kappa shape index (κ1) is 12.9. The van der Waals surface area contributed by atoms with Gasteiger partial charge in [-0.05, 0) is 20.3 Å². The Bertz CT molecular complexity index is 264. The molecule has 0 spiro atoms. The van der Waals surface area contributed by atoms with Crippen LogP contribution in [-0.2, 0) is 9.59 Å². The number of carbonyl (C=O) groups is 2. The van der Waals surface area contributed by atoms with E-state index in [0.29, 0.717) is 18.4 Å². The average Bonchev–Trinajstić information content (AvgIpc) is 2.11. The fourth-order valence-electron chi connectivity index (χ4n) is 0.997. The lowest BCUT2D eigenvalue weighted by Gasteiger charge is -2.06. The summed E-state index contributed by atoms with van der Waals surface area (Å²) < 4.78 is 0. The highest BCUT2D eigenvalue weighted by molar-refractivity contribution is 5.92. The molecule has 0 aromatic carbocycles. The Morgan fingerprint density at radius 2 is 1.64 bits per heavy atom. The topological polar surface area (TPSA) is 60.2 Å². The van der Waals surface area contributed by atoms with Crippen LogP contribution in [-0.4, -0.2) is 11.7 Å². The molecule has 0 saturated carbocycles. The molecule has 80 valence electrons. The van der Waals surface area contributed by atoms with E-state index in [1.807, 2.05) is 20.8 Å². The number of amides is 1. The van der Waals surface area contributed by atoms with E-state index >= 15 is 0 Å². The molecule has 14 heavy (non-hydrogen) atoms. The molecule has 3 heteroatoms. The number of hydrogen-bond donors (Lipinski definition) is 1. The highest BCUT2D eigenvalue weighted by Gasteiger charge is 2.09. The summed E-state index contributed by atoms with van der Waals surface area (Å²) in [5, 5.41) is 0. The van der Waals surface area contributed by atoms with E-state index in [1.54, 1.807) is 6.92 Å². The van der Waals surface area contributed by atoms with Crippen LogP contribution in [0.15, 0.2) is 11.1 Å². The molecule has 0 bridgehead atoms. The van der Waals surface area contributed by atoms with Crippen LogP contribution in [0.2, 0.25) is 0 Å². The lowest BCUT2D eigenvalue weighted by Crippen LogP contribution is -2.14. The standard InChI is InChI=1S/C11H19NO2/c1-7(2)10(13)6-5-8(3)9(4)11(12)14/h7H,5-6H2,1-4H3,(H2,12,14)/b9-8-. The summed E-state index contributed by atoms with van der Waals surface area (Å²) in [5.41, 5.74) is 6.60. The first-order chi connectivity index (χ1) is 6.36. The van der Waals surface area contributed by atoms with Crippen molar-refractivity contribution < 1.29 is 9.59 Å². The second-order valence-corrected chi connectivity index (χ2v) is 3.89. The van der Waals surface area contributed by atoms with Crippen LogP contribution >= 0.6 is 0 Å². The summed E-state index contributed by atoms with van der Waals surface area (Å²) in [7, 11) is 0. The number of allylic oxidation sites excluding steroid dienone is 1. The van der Waals surface area contributed by atoms with Crippen LogP contribution in [0.5, 0.6) is 0 Å². The smallest absolute Gasteiger partial charge is 0.244 e. The van der Waals surface area contributed by atoms with Crippen molar-refractivity contribution >= 4 is 11.7 Å². The predicted molar refractivity (Wildman–Crippen MR) is 56.6 cm³/mol. The Morgan fingerprint density at radius 3 is 2.00 bits per heavy atom. The Kier molecular flexibility index (Phi) is 5.13. The summed E-state index contributed by atoms with van der Waals surface area (Å²) in [4.78, 5) is 22.1. The summed E-state index contributed by atoms with van der Waals surface area (Å²) in [6.45, 7) is 7.29. The fraction of sp³-hybridized carbons (Fsp3) is 0.636. The number of Topliss-reactive ketones (excluding diaryl/α,β-unsaturated/α-hetero) is 1. The third-order valence-electron chi connectivity index (χ3n) is 2.40. The summed E-state index contributed by atoms with van der Waals surface area (Å²) in [6, 6.07) is 0. The molecule has 0 heterocycles. The van der Waals surface area contributed by atoms with Crippen LogP contribution in [0, 0.1) is 5.92 Å². The van der Waals surface area contributed by atoms with Crippen molar-refractivity contribution in [3.8, 4) is 0 Å². The van der Waals surface area contributed by atoms with Crippen LogP contribution in [0.4, 0.5) is 0 Å². The number of ketones is 1. The van der Waals surface area contributed by atoms with E-state index in [0.717, 1.165) is 5.57 Å². The molecule has 0 aromatic heterocycles. The van der Waals surface area contributed by atoms with Gasteiger partial charge in [0.2, 0.25) is 5.91 Å². The van der Waals surface area contributed by atoms with Crippen molar-refractivity contribution in [1.29, 1.82) is 0 Å². The molecule has 3 nitrogen and oxygen atoms in total. The fourth-order valence-corrected chi connectivity index (χ4v) is 0.997. The Labute approximate surface area is 85.4 Å². The van der Waals surface area contributed by atoms with E-state index in [4.69, 9.17) is 5.73 Å². The van der Waals surface area contributed by atoms with Crippen molar-refractivity contribution in [2.45, 2.75) is 40.5 Å². The molecule has 1 amide bonds. The number of carbonyl (C=O) groups excluding carboxylic acids is 2. The SMILES string of the molecule is C/C(CCC(=O)C(C)C)=C(\C)C(N)=O. The molecule has 0 fully saturated rings. The lowest BCUT2D eigenvalue weighted by atomic mass is 9.99. The highest BCUT2D eigenvalue weighted by Crippen LogP contribution is 2.12. The highest BCUT2D eigenvalue weighted by atomic mass is 16.1. The zero-order chi connectivity index (χ0) is 11.3. The molecule has 0 rings (SSSR count). The quantitative estimate of drug-likeness (QED) is 0.683. The number of nitrogens with two attached hydrogens (primary N) is 1. The van der Waals surface area contributed by atoms with Gasteiger partial charge in [-0.15, -0.1) is 0 Å². The third-order valence-corrected chi connectivity index (χ3v) is 2.40. The van der Waals surface area contributed by atoms with Crippen molar-refractivity contribution in [2.75, 3.05) is 0 Å². The first-order valence-electron chi connectivity index (χ1n) is 4.85. The molecule has 0 aliphatic heterocycles. The van der Waals surface area contributed by atoms with Crippen molar-refractivity contribution in [3.63, 3.8) is 0 Å². The van der Waals surface area contributed by atoms with Gasteiger partial charge < -0.3 is 5.73 Å². The van der Waals surface area contributed by atoms with Gasteiger partial charge >= 0.3 is 0 Å². The molecule has 0 unspecified atom stereocenters. The van der Waals surface area contributed by atoms with E-state index in [1.165, 1.54) is 0 Å². The molecule has 0 aliphatic rings. The zero-order valence-corrected chi connectivity index (χ0v) is 9.39. The minimum atomic E-state index is -0.403. The number of hydrogen-bond acceptors (Lipinski definition) is 2. The molecule has 0 aliphatic carbocycles. The van der Waals surface area contributed by atoms with Gasteiger partial charge in [-0.25, -0.2) is 0 Å². The molecular weight excluding hydrogens is 178 g/mol. The third kappa shape index (κ3) is 4.21. The van der Waals surface area contributed by atoms with E-state index in [2.05, 4.69) is 0 Å². The van der Waals surface area contributed by atoms with E-state index in [9.17, 15) is 9.59 Å². The maximum absolute atomic E-state index is 11.3. The second kappa shape index (κ2) is 5.58. The van der Waals surface area contributed by atoms with Gasteiger partial charge in [0.1, 0.15) is 5.78 Å². The predicted octanol–water partition coefficient (Wildman–Crippen LogP) is 1.81. The molecular formula is C11H19NO2. The van der Waals surface area contributed by atoms with Crippen LogP contribution in [0.3, 0.4) is 0 Å². The van der Waals surface area contributed by atoms with Crippen LogP contribution in [0.1, 0.15) is 40.5 Å². The summed E-state index contributed by atoms with van der Waals surface area (Å²) in [5.74, 6) is -0.113. The van der Waals surface area contributed by atoms with Gasteiger partial charge in [-0.1, -0.05) is 19.4 Å². The molecule has 0 aromatic rings. The monoisotopic (exact) mass is 197 g/mol. The molecule has 0 radical (unpaired) electrons. The van der Waals surface area contributed by atoms with Gasteiger partial charge in [-0.3, -0.25) is 9.59 Å². The Morgan fingerprint density at radius 1 is 1.14 bits per heavy atom. The van der Waals surface area contributed by atoms with E-state index in [-0.39, 0.29) is 11.7 Å². The Hall–Kier alpha value is -1.12. The summed E-state index contributed by atoms with van der Waals surface area (Å²) >= 11 is 0. The van der Waals surface area contributed by atoms with Crippen molar-refractivity contribution in [1.82, 2.24) is 0 Å². The molecule has 2 N–H and O–H groups in total. The average molecular weight is 197 g/mol. The zero-order valence-electron chi connectivity index (χ0n) is 9.39. The summed E-state index contributed by atoms with van der Waals surface area (Å²) in [6.07, 6.45) is 1.12. The maximum atomic E-state index is 11.3. The maximum Gasteiger partial charge on any atom is 0.244 e. The van der Waals surface area contributed by atoms with Crippen LogP contribution < -0.4 is 5.73 Å². The van der Waals surface area contributed by atoms with Crippen molar-refractivity contribution in [3.05, 3.63) is 11.1 Å². The van der Waals surface area contributed by atoms with Gasteiger partial charge in [0.05, 0.1) is 0 Å². The van der Waals surface area contributed by atoms with Gasteiger partial charge in [0.15, 0.2) is 0 Å². The minimum Gasteiger partial charge on any atom is -0.366 e. The Balaban J connectivity index is 4.22. The lowest BCUT2D eigenvalue weighted by molar-refractivity contribution is -0.122.